The molecule has 4 aromatic rings. The van der Waals surface area contributed by atoms with Gasteiger partial charge in [-0.3, -0.25) is 0 Å². The summed E-state index contributed by atoms with van der Waals surface area (Å²) in [4.78, 5) is 23.7. The average molecular weight is 472 g/mol. The predicted molar refractivity (Wildman–Crippen MR) is 131 cm³/mol. The van der Waals surface area contributed by atoms with Crippen LogP contribution in [-0.2, 0) is 17.8 Å². The van der Waals surface area contributed by atoms with Gasteiger partial charge in [0.1, 0.15) is 17.3 Å². The lowest BCUT2D eigenvalue weighted by atomic mass is 9.98. The molecule has 0 spiro atoms. The number of hydrogen-bond acceptors (Lipinski definition) is 6. The van der Waals surface area contributed by atoms with Crippen molar-refractivity contribution < 1.29 is 24.2 Å². The van der Waals surface area contributed by atoms with Crippen molar-refractivity contribution in [2.75, 3.05) is 6.61 Å². The van der Waals surface area contributed by atoms with E-state index in [1.807, 2.05) is 60.7 Å². The first-order chi connectivity index (χ1) is 17.0. The van der Waals surface area contributed by atoms with Gasteiger partial charge < -0.3 is 24.7 Å². The zero-order chi connectivity index (χ0) is 24.6. The van der Waals surface area contributed by atoms with Crippen molar-refractivity contribution in [2.24, 2.45) is 0 Å². The van der Waals surface area contributed by atoms with Crippen LogP contribution in [0.15, 0.2) is 100 Å². The number of carbonyl (C=O) groups is 1. The van der Waals surface area contributed by atoms with Gasteiger partial charge in [0.25, 0.3) is 0 Å². The summed E-state index contributed by atoms with van der Waals surface area (Å²) in [5.74, 6) is -0.676. The molecule has 35 heavy (non-hydrogen) atoms. The average Bonchev–Trinajstić information content (AvgIpc) is 2.87. The van der Waals surface area contributed by atoms with Gasteiger partial charge in [0, 0.05) is 24.2 Å². The van der Waals surface area contributed by atoms with Crippen LogP contribution in [0.25, 0.3) is 11.3 Å². The van der Waals surface area contributed by atoms with Crippen LogP contribution < -0.4 is 15.7 Å². The molecule has 0 aliphatic carbocycles. The lowest BCUT2D eigenvalue weighted by Gasteiger charge is -2.20. The maximum Gasteiger partial charge on any atom is 0.344 e. The van der Waals surface area contributed by atoms with E-state index in [2.05, 4.69) is 5.32 Å². The summed E-state index contributed by atoms with van der Waals surface area (Å²) in [6.45, 7) is 0.0550. The monoisotopic (exact) mass is 471 g/mol. The first-order valence-electron chi connectivity index (χ1n) is 11.1. The highest BCUT2D eigenvalue weighted by atomic mass is 16.5. The van der Waals surface area contributed by atoms with Gasteiger partial charge in [-0.15, -0.1) is 0 Å². The topological polar surface area (TPSA) is 109 Å². The lowest BCUT2D eigenvalue weighted by Crippen LogP contribution is -2.28. The van der Waals surface area contributed by atoms with Crippen LogP contribution in [0.2, 0.25) is 0 Å². The fourth-order valence-electron chi connectivity index (χ4n) is 3.78. The number of ether oxygens (including phenoxy) is 1. The Morgan fingerprint density at radius 2 is 1.54 bits per heavy atom. The Hall–Kier alpha value is -4.36. The number of aliphatic carboxylic acids is 1. The summed E-state index contributed by atoms with van der Waals surface area (Å²) >= 11 is 0. The molecule has 0 bridgehead atoms. The minimum absolute atomic E-state index is 0.162. The third-order valence-corrected chi connectivity index (χ3v) is 5.49. The Morgan fingerprint density at radius 1 is 0.914 bits per heavy atom. The second-order valence-electron chi connectivity index (χ2n) is 8.01. The molecule has 0 radical (unpaired) electrons. The van der Waals surface area contributed by atoms with Gasteiger partial charge in [0.2, 0.25) is 0 Å². The molecule has 7 heteroatoms. The molecule has 0 fully saturated rings. The van der Waals surface area contributed by atoms with Gasteiger partial charge in [0.05, 0.1) is 5.56 Å². The van der Waals surface area contributed by atoms with Gasteiger partial charge >= 0.3 is 11.6 Å². The molecule has 1 aromatic heterocycles. The third kappa shape index (κ3) is 6.37. The van der Waals surface area contributed by atoms with Gasteiger partial charge in [-0.1, -0.05) is 60.7 Å². The highest BCUT2D eigenvalue weighted by Crippen LogP contribution is 2.30. The number of hydrogen-bond donors (Lipinski definition) is 3. The van der Waals surface area contributed by atoms with Gasteiger partial charge in [-0.05, 0) is 41.8 Å². The fourth-order valence-corrected chi connectivity index (χ4v) is 3.78. The van der Waals surface area contributed by atoms with Crippen LogP contribution in [0.4, 0.5) is 0 Å². The van der Waals surface area contributed by atoms with E-state index in [1.54, 1.807) is 24.3 Å². The van der Waals surface area contributed by atoms with Crippen LogP contribution in [0.5, 0.6) is 11.5 Å². The SMILES string of the molecule is O=C(O)COc1ccc(-c2cc(O)c(C(Cc3ccccc3)NCc3ccccc3)c(=O)o2)cc1. The van der Waals surface area contributed by atoms with Gasteiger partial charge in [-0.2, -0.15) is 0 Å². The molecule has 0 aliphatic heterocycles. The van der Waals surface area contributed by atoms with Crippen LogP contribution in [0, 0.1) is 0 Å². The van der Waals surface area contributed by atoms with Crippen molar-refractivity contribution in [3.63, 3.8) is 0 Å². The highest BCUT2D eigenvalue weighted by Gasteiger charge is 2.22. The Bertz CT molecular complexity index is 1320. The Morgan fingerprint density at radius 3 is 2.14 bits per heavy atom. The Labute approximate surface area is 202 Å². The van der Waals surface area contributed by atoms with Crippen LogP contribution in [0.3, 0.4) is 0 Å². The molecule has 4 rings (SSSR count). The van der Waals surface area contributed by atoms with E-state index in [4.69, 9.17) is 14.3 Å². The molecular formula is C28H25NO6. The first kappa shape index (κ1) is 23.8. The van der Waals surface area contributed by atoms with E-state index in [-0.39, 0.29) is 17.1 Å². The molecule has 0 saturated heterocycles. The van der Waals surface area contributed by atoms with E-state index < -0.39 is 24.2 Å². The van der Waals surface area contributed by atoms with Gasteiger partial charge in [0.15, 0.2) is 6.61 Å². The summed E-state index contributed by atoms with van der Waals surface area (Å²) < 4.78 is 10.7. The molecule has 178 valence electrons. The molecule has 1 heterocycles. The van der Waals surface area contributed by atoms with Crippen molar-refractivity contribution in [1.82, 2.24) is 5.32 Å². The number of benzene rings is 3. The maximum atomic E-state index is 13.1. The van der Waals surface area contributed by atoms with Crippen LogP contribution in [-0.4, -0.2) is 22.8 Å². The Kier molecular flexibility index (Phi) is 7.60. The van der Waals surface area contributed by atoms with E-state index in [9.17, 15) is 14.7 Å². The summed E-state index contributed by atoms with van der Waals surface area (Å²) in [5.41, 5.74) is 2.14. The van der Waals surface area contributed by atoms with E-state index in [0.717, 1.165) is 11.1 Å². The smallest absolute Gasteiger partial charge is 0.344 e. The standard InChI is InChI=1S/C28H25NO6/c30-24-16-25(21-11-13-22(14-12-21)34-18-26(31)32)35-28(33)27(24)23(15-19-7-3-1-4-8-19)29-17-20-9-5-2-6-10-20/h1-14,16,23,29-30H,15,17-18H2,(H,31,32). The number of rotatable bonds is 10. The van der Waals surface area contributed by atoms with Crippen molar-refractivity contribution in [2.45, 2.75) is 19.0 Å². The highest BCUT2D eigenvalue weighted by molar-refractivity contribution is 5.68. The van der Waals surface area contributed by atoms with Crippen LogP contribution >= 0.6 is 0 Å². The third-order valence-electron chi connectivity index (χ3n) is 5.49. The largest absolute Gasteiger partial charge is 0.507 e. The fraction of sp³-hybridized carbons (Fsp3) is 0.143. The number of carboxylic acid groups (broad SMARTS) is 1. The molecule has 3 aromatic carbocycles. The van der Waals surface area contributed by atoms with Gasteiger partial charge in [-0.25, -0.2) is 9.59 Å². The second kappa shape index (κ2) is 11.2. The Balaban J connectivity index is 1.60. The number of aromatic hydroxyl groups is 1. The molecule has 0 aliphatic rings. The van der Waals surface area contributed by atoms with E-state index >= 15 is 0 Å². The van der Waals surface area contributed by atoms with E-state index in [1.165, 1.54) is 6.07 Å². The normalized spacial score (nSPS) is 11.7. The maximum absolute atomic E-state index is 13.1. The van der Waals surface area contributed by atoms with Crippen molar-refractivity contribution in [3.8, 4) is 22.8 Å². The molecule has 0 saturated carbocycles. The quantitative estimate of drug-likeness (QED) is 0.311. The molecule has 3 N–H and O–H groups in total. The minimum atomic E-state index is -1.08. The summed E-state index contributed by atoms with van der Waals surface area (Å²) in [7, 11) is 0. The molecule has 1 unspecified atom stereocenters. The minimum Gasteiger partial charge on any atom is -0.507 e. The first-order valence-corrected chi connectivity index (χ1v) is 11.1. The predicted octanol–water partition coefficient (Wildman–Crippen LogP) is 4.55. The van der Waals surface area contributed by atoms with Crippen LogP contribution in [0.1, 0.15) is 22.7 Å². The number of nitrogens with one attached hydrogen (secondary N) is 1. The van der Waals surface area contributed by atoms with E-state index in [0.29, 0.717) is 24.3 Å². The summed E-state index contributed by atoms with van der Waals surface area (Å²) in [5, 5.41) is 23.0. The zero-order valence-electron chi connectivity index (χ0n) is 18.9. The van der Waals surface area contributed by atoms with Crippen molar-refractivity contribution in [3.05, 3.63) is 118 Å². The second-order valence-corrected chi connectivity index (χ2v) is 8.01. The zero-order valence-corrected chi connectivity index (χ0v) is 18.9. The molecule has 7 nitrogen and oxygen atoms in total. The molecule has 1 atom stereocenters. The summed E-state index contributed by atoms with van der Waals surface area (Å²) in [6.07, 6.45) is 0.487. The lowest BCUT2D eigenvalue weighted by molar-refractivity contribution is -0.139. The number of carboxylic acids is 1. The van der Waals surface area contributed by atoms with Crippen molar-refractivity contribution in [1.29, 1.82) is 0 Å². The molecular weight excluding hydrogens is 446 g/mol. The van der Waals surface area contributed by atoms with Crippen molar-refractivity contribution >= 4 is 5.97 Å². The molecule has 0 amide bonds. The summed E-state index contributed by atoms with van der Waals surface area (Å²) in [6, 6.07) is 26.9.